The Labute approximate surface area is 443 Å². The third-order valence-electron chi connectivity index (χ3n) is 10.9. The van der Waals surface area contributed by atoms with Gasteiger partial charge in [-0.15, -0.1) is 0 Å². The van der Waals surface area contributed by atoms with Crippen molar-refractivity contribution in [2.24, 2.45) is 0 Å². The van der Waals surface area contributed by atoms with Gasteiger partial charge in [0, 0.05) is 19.0 Å². The number of hydrogen-bond acceptors (Lipinski definition) is 16. The van der Waals surface area contributed by atoms with Crippen molar-refractivity contribution < 1.29 is 71.4 Å². The van der Waals surface area contributed by atoms with Crippen LogP contribution in [0, 0.1) is 0 Å². The number of anilines is 1. The molecule has 3 unspecified atom stereocenters. The standard InChI is InChI=1S/C54H83N3O16P2/c1-3-5-7-9-11-13-14-15-16-17-18-19-20-21-22-24-26-30-34-38-49(59)68-42-46(71-50(60)39-35-31-27-29-33-37-45(58)36-32-28-25-23-12-10-8-6-4-2)43-69-74(64,65)73-75(66,67)70-44-47-51(61)52(62)53(72-47)57-41-40-48(55)56-54(57)63/h11-13,15-16,18-19,21-23,26-30,32-33,37,40-41,45-47,51-53,58,61-62H,3-10,14,17,20,24-25,31,34-36,38-39,42-44H2,1-2H3,(H,64,65)(H,66,67)(H2,55,56,63)/b13-11-,16-15-,19-18-,22-21-,23-12-,29-27+,30-26-,32-28-,37-33-/t45?,46-,47-,51-,52-,53-/m1/s1. The first kappa shape index (κ1) is 66.5. The fraction of sp³-hybridized carbons (Fsp3) is 0.556. The Morgan fingerprint density at radius 2 is 1.25 bits per heavy atom. The molecule has 8 atom stereocenters. The molecule has 2 heterocycles. The molecule has 19 nitrogen and oxygen atoms in total. The average molecular weight is 1090 g/mol. The Kier molecular flexibility index (Phi) is 36.0. The van der Waals surface area contributed by atoms with Crippen LogP contribution in [0.25, 0.3) is 0 Å². The van der Waals surface area contributed by atoms with E-state index in [2.05, 4.69) is 71.8 Å². The van der Waals surface area contributed by atoms with Crippen molar-refractivity contribution in [3.05, 3.63) is 132 Å². The van der Waals surface area contributed by atoms with Crippen molar-refractivity contribution in [1.29, 1.82) is 0 Å². The summed E-state index contributed by atoms with van der Waals surface area (Å²) in [7, 11) is -11.0. The smallest absolute Gasteiger partial charge is 0.462 e. The second-order valence-electron chi connectivity index (χ2n) is 17.5. The first-order valence-corrected chi connectivity index (χ1v) is 29.0. The quantitative estimate of drug-likeness (QED) is 0.0117. The molecule has 0 radical (unpaired) electrons. The highest BCUT2D eigenvalue weighted by atomic mass is 31.3. The predicted octanol–water partition coefficient (Wildman–Crippen LogP) is 9.97. The molecule has 7 N–H and O–H groups in total. The molecule has 0 aliphatic carbocycles. The molecule has 0 amide bonds. The van der Waals surface area contributed by atoms with Gasteiger partial charge in [-0.25, -0.2) is 13.9 Å². The monoisotopic (exact) mass is 1090 g/mol. The Bertz CT molecular complexity index is 2200. The zero-order chi connectivity index (χ0) is 55.0. The molecule has 420 valence electrons. The first-order valence-electron chi connectivity index (χ1n) is 26.0. The van der Waals surface area contributed by atoms with Gasteiger partial charge in [0.1, 0.15) is 30.7 Å². The highest BCUT2D eigenvalue weighted by molar-refractivity contribution is 7.61. The molecule has 21 heteroatoms. The molecule has 75 heavy (non-hydrogen) atoms. The molecular weight excluding hydrogens is 1010 g/mol. The Hall–Kier alpha value is -4.62. The summed E-state index contributed by atoms with van der Waals surface area (Å²) in [4.78, 5) is 61.9. The second kappa shape index (κ2) is 40.6. The number of aromatic nitrogens is 2. The van der Waals surface area contributed by atoms with Crippen LogP contribution < -0.4 is 11.4 Å². The SMILES string of the molecule is CCCCC/C=C\C/C=C\C/C=C\C/C=C\C/C=C\CCC(=O)OC[C@H](COP(=O)(O)OP(=O)(O)OC[C@H]1O[C@@H](n2ccc(N)nc2=O)[C@H](O)[C@@H]1O)OC(=O)CCC/C=C/C=C\C(O)C/C=C\C/C=C\CCCCC. The van der Waals surface area contributed by atoms with Gasteiger partial charge < -0.3 is 45.1 Å². The summed E-state index contributed by atoms with van der Waals surface area (Å²) in [5.74, 6) is -1.55. The van der Waals surface area contributed by atoms with E-state index < -0.39 is 89.8 Å². The van der Waals surface area contributed by atoms with Crippen LogP contribution in [-0.2, 0) is 46.3 Å². The fourth-order valence-corrected chi connectivity index (χ4v) is 8.95. The van der Waals surface area contributed by atoms with Gasteiger partial charge in [-0.3, -0.25) is 23.2 Å². The summed E-state index contributed by atoms with van der Waals surface area (Å²) in [6.07, 6.45) is 43.5. The number of unbranched alkanes of at least 4 members (excludes halogenated alkanes) is 7. The largest absolute Gasteiger partial charge is 0.481 e. The van der Waals surface area contributed by atoms with E-state index in [4.69, 9.17) is 29.0 Å². The maximum absolute atomic E-state index is 12.9. The van der Waals surface area contributed by atoms with E-state index in [1.54, 1.807) is 24.3 Å². The van der Waals surface area contributed by atoms with E-state index in [1.165, 1.54) is 44.6 Å². The number of phosphoric ester groups is 2. The average Bonchev–Trinajstić information content (AvgIpc) is 3.64. The summed E-state index contributed by atoms with van der Waals surface area (Å²) in [5.41, 5.74) is 4.57. The van der Waals surface area contributed by atoms with Crippen LogP contribution in [0.15, 0.2) is 126 Å². The number of nitrogens with two attached hydrogens (primary N) is 1. The van der Waals surface area contributed by atoms with Crippen molar-refractivity contribution in [2.75, 3.05) is 25.6 Å². The minimum Gasteiger partial charge on any atom is -0.462 e. The number of nitrogens with zero attached hydrogens (tertiary/aromatic N) is 2. The summed E-state index contributed by atoms with van der Waals surface area (Å²) < 4.78 is 56.6. The maximum atomic E-state index is 12.9. The van der Waals surface area contributed by atoms with Gasteiger partial charge in [-0.1, -0.05) is 149 Å². The van der Waals surface area contributed by atoms with Crippen molar-refractivity contribution in [2.45, 2.75) is 173 Å². The Balaban J connectivity index is 1.88. The van der Waals surface area contributed by atoms with Gasteiger partial charge >= 0.3 is 33.3 Å². The minimum absolute atomic E-state index is 0.0323. The molecular formula is C54H83N3O16P2. The van der Waals surface area contributed by atoms with Gasteiger partial charge in [0.05, 0.1) is 19.3 Å². The van der Waals surface area contributed by atoms with Crippen LogP contribution in [0.5, 0.6) is 0 Å². The maximum Gasteiger partial charge on any atom is 0.481 e. The summed E-state index contributed by atoms with van der Waals surface area (Å²) in [5, 5.41) is 31.1. The van der Waals surface area contributed by atoms with Crippen LogP contribution in [0.3, 0.4) is 0 Å². The molecule has 1 saturated heterocycles. The van der Waals surface area contributed by atoms with Gasteiger partial charge in [0.25, 0.3) is 0 Å². The number of ether oxygens (including phenoxy) is 3. The van der Waals surface area contributed by atoms with E-state index in [0.29, 0.717) is 32.1 Å². The molecule has 1 aromatic rings. The third kappa shape index (κ3) is 33.2. The number of carbonyl (C=O) groups excluding carboxylic acids is 2. The van der Waals surface area contributed by atoms with Crippen LogP contribution in [0.1, 0.15) is 142 Å². The molecule has 1 aliphatic heterocycles. The lowest BCUT2D eigenvalue weighted by atomic mass is 10.1. The molecule has 0 saturated carbocycles. The van der Waals surface area contributed by atoms with Gasteiger partial charge in [-0.2, -0.15) is 9.29 Å². The van der Waals surface area contributed by atoms with Crippen LogP contribution >= 0.6 is 15.6 Å². The van der Waals surface area contributed by atoms with Gasteiger partial charge in [-0.05, 0) is 89.5 Å². The van der Waals surface area contributed by atoms with Crippen molar-refractivity contribution in [3.8, 4) is 0 Å². The number of rotatable bonds is 41. The topological polar surface area (TPSA) is 286 Å². The molecule has 0 aromatic carbocycles. The number of hydrogen-bond donors (Lipinski definition) is 6. The first-order chi connectivity index (χ1) is 36.1. The van der Waals surface area contributed by atoms with Crippen molar-refractivity contribution in [1.82, 2.24) is 9.55 Å². The lowest BCUT2D eigenvalue weighted by Crippen LogP contribution is -2.36. The number of aliphatic hydroxyl groups excluding tert-OH is 3. The van der Waals surface area contributed by atoms with Crippen molar-refractivity contribution >= 4 is 33.4 Å². The highest BCUT2D eigenvalue weighted by Crippen LogP contribution is 2.60. The summed E-state index contributed by atoms with van der Waals surface area (Å²) in [6, 6.07) is 1.23. The van der Waals surface area contributed by atoms with Crippen molar-refractivity contribution in [3.63, 3.8) is 0 Å². The van der Waals surface area contributed by atoms with Crippen LogP contribution in [-0.4, -0.2) is 96.9 Å². The zero-order valence-electron chi connectivity index (χ0n) is 43.7. The lowest BCUT2D eigenvalue weighted by Gasteiger charge is -2.21. The minimum atomic E-state index is -5.48. The molecule has 1 aromatic heterocycles. The van der Waals surface area contributed by atoms with Crippen LogP contribution in [0.4, 0.5) is 5.82 Å². The normalized spacial score (nSPS) is 20.1. The van der Waals surface area contributed by atoms with Gasteiger partial charge in [0.2, 0.25) is 0 Å². The number of phosphoric acid groups is 2. The Morgan fingerprint density at radius 3 is 1.84 bits per heavy atom. The third-order valence-corrected chi connectivity index (χ3v) is 13.5. The van der Waals surface area contributed by atoms with E-state index in [9.17, 15) is 48.6 Å². The van der Waals surface area contributed by atoms with Crippen LogP contribution in [0.2, 0.25) is 0 Å². The molecule has 1 aliphatic rings. The van der Waals surface area contributed by atoms with E-state index in [1.807, 2.05) is 36.5 Å². The summed E-state index contributed by atoms with van der Waals surface area (Å²) in [6.45, 7) is 1.87. The number of aliphatic hydroxyl groups is 3. The zero-order valence-corrected chi connectivity index (χ0v) is 45.4. The summed E-state index contributed by atoms with van der Waals surface area (Å²) >= 11 is 0. The molecule has 2 rings (SSSR count). The van der Waals surface area contributed by atoms with E-state index >= 15 is 0 Å². The predicted molar refractivity (Wildman–Crippen MR) is 290 cm³/mol. The lowest BCUT2D eigenvalue weighted by molar-refractivity contribution is -0.161. The fourth-order valence-electron chi connectivity index (χ4n) is 6.84. The van der Waals surface area contributed by atoms with E-state index in [-0.39, 0.29) is 18.7 Å². The molecule has 0 bridgehead atoms. The Morgan fingerprint density at radius 1 is 0.707 bits per heavy atom. The number of allylic oxidation sites excluding steroid dienone is 16. The second-order valence-corrected chi connectivity index (χ2v) is 20.6. The molecule has 1 fully saturated rings. The molecule has 0 spiro atoms. The van der Waals surface area contributed by atoms with E-state index in [0.717, 1.165) is 49.3 Å². The highest BCUT2D eigenvalue weighted by Gasteiger charge is 2.46. The van der Waals surface area contributed by atoms with Gasteiger partial charge in [0.15, 0.2) is 12.3 Å². The number of carbonyl (C=O) groups is 2. The number of esters is 2. The number of nitrogen functional groups attached to an aromatic ring is 1.